The van der Waals surface area contributed by atoms with E-state index in [-0.39, 0.29) is 12.1 Å². The van der Waals surface area contributed by atoms with Crippen molar-refractivity contribution >= 4 is 0 Å². The molecular formula is C17H19NO. The van der Waals surface area contributed by atoms with Crippen LogP contribution in [0.2, 0.25) is 0 Å². The Morgan fingerprint density at radius 1 is 0.947 bits per heavy atom. The van der Waals surface area contributed by atoms with Crippen LogP contribution in [0.25, 0.3) is 0 Å². The Bertz CT molecular complexity index is 579. The summed E-state index contributed by atoms with van der Waals surface area (Å²) in [5.41, 5.74) is 9.82. The highest BCUT2D eigenvalue weighted by atomic mass is 16.5. The predicted octanol–water partition coefficient (Wildman–Crippen LogP) is 3.91. The summed E-state index contributed by atoms with van der Waals surface area (Å²) in [6, 6.07) is 16.7. The van der Waals surface area contributed by atoms with Crippen molar-refractivity contribution in [3.05, 3.63) is 65.2 Å². The van der Waals surface area contributed by atoms with Crippen LogP contribution in [0.15, 0.2) is 48.5 Å². The molecule has 2 aromatic carbocycles. The molecule has 2 nitrogen and oxygen atoms in total. The van der Waals surface area contributed by atoms with Gasteiger partial charge in [0.05, 0.1) is 0 Å². The first-order valence-electron chi connectivity index (χ1n) is 6.82. The van der Waals surface area contributed by atoms with Crippen LogP contribution in [-0.2, 0) is 0 Å². The van der Waals surface area contributed by atoms with Crippen LogP contribution >= 0.6 is 0 Å². The lowest BCUT2D eigenvalue weighted by molar-refractivity contribution is 0.176. The average Bonchev–Trinajstić information content (AvgIpc) is 2.44. The Balaban J connectivity index is 1.91. The van der Waals surface area contributed by atoms with Crippen LogP contribution in [0.3, 0.4) is 0 Å². The fraction of sp³-hybridized carbons (Fsp3) is 0.294. The van der Waals surface area contributed by atoms with E-state index < -0.39 is 0 Å². The fourth-order valence-corrected chi connectivity index (χ4v) is 2.75. The smallest absolute Gasteiger partial charge is 0.124 e. The molecule has 2 N–H and O–H groups in total. The van der Waals surface area contributed by atoms with Crippen LogP contribution in [-0.4, -0.2) is 0 Å². The zero-order chi connectivity index (χ0) is 13.2. The fourth-order valence-electron chi connectivity index (χ4n) is 2.75. The summed E-state index contributed by atoms with van der Waals surface area (Å²) in [4.78, 5) is 0. The van der Waals surface area contributed by atoms with Gasteiger partial charge in [-0.2, -0.15) is 0 Å². The zero-order valence-electron chi connectivity index (χ0n) is 11.2. The van der Waals surface area contributed by atoms with Gasteiger partial charge in [0, 0.05) is 6.04 Å². The van der Waals surface area contributed by atoms with Gasteiger partial charge in [0.2, 0.25) is 0 Å². The molecule has 0 amide bonds. The van der Waals surface area contributed by atoms with Gasteiger partial charge >= 0.3 is 0 Å². The maximum Gasteiger partial charge on any atom is 0.124 e. The Kier molecular flexibility index (Phi) is 3.26. The van der Waals surface area contributed by atoms with Gasteiger partial charge < -0.3 is 10.5 Å². The molecule has 2 atom stereocenters. The topological polar surface area (TPSA) is 35.2 Å². The number of benzene rings is 2. The number of hydrogen-bond acceptors (Lipinski definition) is 2. The zero-order valence-corrected chi connectivity index (χ0v) is 11.2. The summed E-state index contributed by atoms with van der Waals surface area (Å²) in [6.07, 6.45) is 2.08. The monoisotopic (exact) mass is 253 g/mol. The van der Waals surface area contributed by atoms with E-state index in [1.54, 1.807) is 0 Å². The van der Waals surface area contributed by atoms with Crippen LogP contribution in [0.5, 0.6) is 5.75 Å². The number of ether oxygens (including phenoxy) is 1. The first-order valence-corrected chi connectivity index (χ1v) is 6.82. The third-order valence-electron chi connectivity index (χ3n) is 3.85. The molecule has 0 radical (unpaired) electrons. The van der Waals surface area contributed by atoms with E-state index >= 15 is 0 Å². The number of rotatable bonds is 2. The van der Waals surface area contributed by atoms with Gasteiger partial charge in [-0.25, -0.2) is 0 Å². The molecular weight excluding hydrogens is 234 g/mol. The summed E-state index contributed by atoms with van der Waals surface area (Å²) in [7, 11) is 0. The number of fused-ring (bicyclic) bond motifs is 1. The second-order valence-corrected chi connectivity index (χ2v) is 5.18. The molecule has 0 aliphatic heterocycles. The molecule has 1 aliphatic carbocycles. The van der Waals surface area contributed by atoms with Crippen molar-refractivity contribution in [3.8, 4) is 5.75 Å². The first kappa shape index (κ1) is 12.2. The van der Waals surface area contributed by atoms with E-state index in [4.69, 9.17) is 10.5 Å². The maximum atomic E-state index is 6.21. The number of hydrogen-bond donors (Lipinski definition) is 1. The normalized spacial score (nSPS) is 21.8. The minimum absolute atomic E-state index is 0.122. The minimum atomic E-state index is 0.122. The van der Waals surface area contributed by atoms with Crippen molar-refractivity contribution in [2.75, 3.05) is 0 Å². The van der Waals surface area contributed by atoms with Gasteiger partial charge in [-0.15, -0.1) is 0 Å². The lowest BCUT2D eigenvalue weighted by Gasteiger charge is -2.30. The van der Waals surface area contributed by atoms with Crippen molar-refractivity contribution in [2.45, 2.75) is 31.9 Å². The molecule has 0 saturated heterocycles. The maximum absolute atomic E-state index is 6.21. The van der Waals surface area contributed by atoms with E-state index in [2.05, 4.69) is 37.3 Å². The van der Waals surface area contributed by atoms with Gasteiger partial charge in [0.25, 0.3) is 0 Å². The molecule has 1 aliphatic rings. The summed E-state index contributed by atoms with van der Waals surface area (Å²) < 4.78 is 6.21. The second-order valence-electron chi connectivity index (χ2n) is 5.18. The molecule has 0 unspecified atom stereocenters. The van der Waals surface area contributed by atoms with Gasteiger partial charge in [-0.1, -0.05) is 42.5 Å². The van der Waals surface area contributed by atoms with E-state index in [1.165, 1.54) is 16.7 Å². The Labute approximate surface area is 114 Å². The number of aryl methyl sites for hydroxylation is 1. The molecule has 2 heteroatoms. The average molecular weight is 253 g/mol. The molecule has 0 heterocycles. The Morgan fingerprint density at radius 2 is 1.63 bits per heavy atom. The molecule has 0 bridgehead atoms. The van der Waals surface area contributed by atoms with Crippen molar-refractivity contribution in [1.29, 1.82) is 0 Å². The first-order chi connectivity index (χ1) is 9.25. The molecule has 0 saturated carbocycles. The third kappa shape index (κ3) is 2.36. The Hall–Kier alpha value is -1.80. The minimum Gasteiger partial charge on any atom is -0.485 e. The van der Waals surface area contributed by atoms with Crippen LogP contribution < -0.4 is 10.5 Å². The van der Waals surface area contributed by atoms with E-state index in [0.29, 0.717) is 0 Å². The van der Waals surface area contributed by atoms with Gasteiger partial charge in [0.1, 0.15) is 11.9 Å². The highest BCUT2D eigenvalue weighted by Gasteiger charge is 2.26. The van der Waals surface area contributed by atoms with Gasteiger partial charge in [-0.05, 0) is 42.5 Å². The van der Waals surface area contributed by atoms with Crippen molar-refractivity contribution in [2.24, 2.45) is 5.73 Å². The Morgan fingerprint density at radius 3 is 2.42 bits per heavy atom. The van der Waals surface area contributed by atoms with Gasteiger partial charge in [-0.3, -0.25) is 0 Å². The van der Waals surface area contributed by atoms with Gasteiger partial charge in [0.15, 0.2) is 0 Å². The third-order valence-corrected chi connectivity index (χ3v) is 3.85. The number of nitrogens with two attached hydrogens (primary N) is 1. The van der Waals surface area contributed by atoms with E-state index in [0.717, 1.165) is 18.6 Å². The highest BCUT2D eigenvalue weighted by Crippen LogP contribution is 2.38. The molecule has 0 aromatic heterocycles. The van der Waals surface area contributed by atoms with E-state index in [1.807, 2.05) is 18.2 Å². The molecule has 98 valence electrons. The molecule has 0 fully saturated rings. The van der Waals surface area contributed by atoms with Crippen molar-refractivity contribution in [3.63, 3.8) is 0 Å². The molecule has 2 aromatic rings. The largest absolute Gasteiger partial charge is 0.485 e. The summed E-state index contributed by atoms with van der Waals surface area (Å²) in [5.74, 6) is 0.970. The van der Waals surface area contributed by atoms with Crippen molar-refractivity contribution < 1.29 is 4.74 Å². The van der Waals surface area contributed by atoms with E-state index in [9.17, 15) is 0 Å². The summed E-state index contributed by atoms with van der Waals surface area (Å²) >= 11 is 0. The second kappa shape index (κ2) is 5.06. The summed E-state index contributed by atoms with van der Waals surface area (Å²) in [6.45, 7) is 2.08. The highest BCUT2D eigenvalue weighted by molar-refractivity contribution is 5.37. The predicted molar refractivity (Wildman–Crippen MR) is 77.2 cm³/mol. The molecule has 3 rings (SSSR count). The quantitative estimate of drug-likeness (QED) is 0.880. The standard InChI is InChI=1S/C17H19NO/c1-12-6-2-5-9-16(12)19-17-11-10-15(18)13-7-3-4-8-14(13)17/h2-9,15,17H,10-11,18H2,1H3/t15-,17+/m1/s1. The SMILES string of the molecule is Cc1ccccc1O[C@H]1CC[C@@H](N)c2ccccc21. The lowest BCUT2D eigenvalue weighted by atomic mass is 9.86. The van der Waals surface area contributed by atoms with Crippen LogP contribution in [0, 0.1) is 6.92 Å². The van der Waals surface area contributed by atoms with Crippen LogP contribution in [0.4, 0.5) is 0 Å². The van der Waals surface area contributed by atoms with Crippen LogP contribution in [0.1, 0.15) is 41.7 Å². The van der Waals surface area contributed by atoms with Crippen molar-refractivity contribution in [1.82, 2.24) is 0 Å². The molecule has 19 heavy (non-hydrogen) atoms. The lowest BCUT2D eigenvalue weighted by Crippen LogP contribution is -2.23. The molecule has 0 spiro atoms. The summed E-state index contributed by atoms with van der Waals surface area (Å²) in [5, 5.41) is 0. The number of para-hydroxylation sites is 1.